The van der Waals surface area contributed by atoms with Gasteiger partial charge in [0.25, 0.3) is 0 Å². The molecule has 0 heterocycles. The first-order valence-electron chi connectivity index (χ1n) is 7.16. The number of ether oxygens (including phenoxy) is 1. The molecule has 0 aromatic rings. The third kappa shape index (κ3) is 7.52. The molecule has 1 unspecified atom stereocenters. The lowest BCUT2D eigenvalue weighted by atomic mass is 10.5. The first kappa shape index (κ1) is 21.3. The molecule has 0 aromatic heterocycles. The molecule has 0 fully saturated rings. The molecular weight excluding hydrogens is 306 g/mol. The molecule has 0 aliphatic heterocycles. The highest BCUT2D eigenvalue weighted by Crippen LogP contribution is 2.15. The number of hydrogen-bond acceptors (Lipinski definition) is 6. The summed E-state index contributed by atoms with van der Waals surface area (Å²) in [5.74, 6) is 0.771. The predicted molar refractivity (Wildman–Crippen MR) is 87.8 cm³/mol. The SMILES string of the molecule is CO[Si](CCCOC(O)CN=C(N(C)C)N(C)C)(OC)OC. The summed E-state index contributed by atoms with van der Waals surface area (Å²) in [5.41, 5.74) is 0. The van der Waals surface area contributed by atoms with E-state index in [1.807, 2.05) is 38.0 Å². The van der Waals surface area contributed by atoms with E-state index >= 15 is 0 Å². The number of rotatable bonds is 10. The van der Waals surface area contributed by atoms with E-state index in [0.29, 0.717) is 19.1 Å². The molecule has 0 rings (SSSR count). The maximum Gasteiger partial charge on any atom is 0.500 e. The normalized spacial score (nSPS) is 12.9. The number of nitrogens with zero attached hydrogens (tertiary/aromatic N) is 3. The number of guanidine groups is 1. The van der Waals surface area contributed by atoms with Crippen LogP contribution in [-0.4, -0.2) is 98.6 Å². The lowest BCUT2D eigenvalue weighted by Gasteiger charge is -2.24. The van der Waals surface area contributed by atoms with Crippen molar-refractivity contribution in [1.29, 1.82) is 0 Å². The molecule has 0 aliphatic rings. The molecule has 0 amide bonds. The molecule has 8 nitrogen and oxygen atoms in total. The van der Waals surface area contributed by atoms with Crippen LogP contribution >= 0.6 is 0 Å². The van der Waals surface area contributed by atoms with Crippen LogP contribution in [0.25, 0.3) is 0 Å². The van der Waals surface area contributed by atoms with E-state index in [0.717, 1.165) is 5.96 Å². The molecule has 132 valence electrons. The fourth-order valence-corrected chi connectivity index (χ4v) is 3.65. The van der Waals surface area contributed by atoms with Crippen molar-refractivity contribution >= 4 is 14.8 Å². The van der Waals surface area contributed by atoms with Gasteiger partial charge in [-0.2, -0.15) is 0 Å². The Morgan fingerprint density at radius 3 is 1.95 bits per heavy atom. The van der Waals surface area contributed by atoms with Gasteiger partial charge in [0.05, 0.1) is 6.54 Å². The van der Waals surface area contributed by atoms with Gasteiger partial charge < -0.3 is 32.9 Å². The van der Waals surface area contributed by atoms with Crippen LogP contribution in [0.2, 0.25) is 6.04 Å². The number of aliphatic hydroxyl groups excluding tert-OH is 1. The second-order valence-corrected chi connectivity index (χ2v) is 8.24. The largest absolute Gasteiger partial charge is 0.500 e. The Morgan fingerprint density at radius 2 is 1.55 bits per heavy atom. The minimum Gasteiger partial charge on any atom is -0.377 e. The Labute approximate surface area is 135 Å². The second kappa shape index (κ2) is 10.9. The maximum absolute atomic E-state index is 9.81. The number of hydrogen-bond donors (Lipinski definition) is 1. The topological polar surface area (TPSA) is 76.0 Å². The number of aliphatic hydroxyl groups is 1. The van der Waals surface area contributed by atoms with Crippen LogP contribution in [0.1, 0.15) is 6.42 Å². The monoisotopic (exact) mass is 337 g/mol. The summed E-state index contributed by atoms with van der Waals surface area (Å²) in [6.07, 6.45) is -0.255. The Morgan fingerprint density at radius 1 is 1.05 bits per heavy atom. The molecule has 0 saturated carbocycles. The first-order valence-corrected chi connectivity index (χ1v) is 9.09. The van der Waals surface area contributed by atoms with Gasteiger partial charge in [-0.25, -0.2) is 4.99 Å². The highest BCUT2D eigenvalue weighted by molar-refractivity contribution is 6.60. The highest BCUT2D eigenvalue weighted by atomic mass is 28.4. The van der Waals surface area contributed by atoms with Crippen LogP contribution in [0, 0.1) is 0 Å². The third-order valence-corrected chi connectivity index (χ3v) is 5.89. The fraction of sp³-hybridized carbons (Fsp3) is 0.923. The summed E-state index contributed by atoms with van der Waals surface area (Å²) >= 11 is 0. The molecule has 9 heteroatoms. The van der Waals surface area contributed by atoms with Crippen molar-refractivity contribution < 1.29 is 23.1 Å². The summed E-state index contributed by atoms with van der Waals surface area (Å²) in [5, 5.41) is 9.81. The van der Waals surface area contributed by atoms with Crippen LogP contribution in [-0.2, 0) is 18.0 Å². The summed E-state index contributed by atoms with van der Waals surface area (Å²) in [7, 11) is 9.77. The molecule has 0 aliphatic carbocycles. The highest BCUT2D eigenvalue weighted by Gasteiger charge is 2.36. The van der Waals surface area contributed by atoms with E-state index in [-0.39, 0.29) is 6.54 Å². The van der Waals surface area contributed by atoms with Crippen molar-refractivity contribution in [2.75, 3.05) is 62.7 Å². The van der Waals surface area contributed by atoms with Crippen molar-refractivity contribution in [3.63, 3.8) is 0 Å². The van der Waals surface area contributed by atoms with Crippen LogP contribution in [0.4, 0.5) is 0 Å². The minimum atomic E-state index is -2.56. The Kier molecular flexibility index (Phi) is 10.6. The zero-order valence-corrected chi connectivity index (χ0v) is 15.8. The van der Waals surface area contributed by atoms with Gasteiger partial charge in [0.2, 0.25) is 0 Å². The smallest absolute Gasteiger partial charge is 0.377 e. The maximum atomic E-state index is 9.81. The zero-order chi connectivity index (χ0) is 17.2. The van der Waals surface area contributed by atoms with E-state index < -0.39 is 15.1 Å². The Bertz CT molecular complexity index is 307. The second-order valence-electron chi connectivity index (χ2n) is 5.15. The molecule has 0 saturated heterocycles. The van der Waals surface area contributed by atoms with E-state index in [2.05, 4.69) is 4.99 Å². The van der Waals surface area contributed by atoms with E-state index in [4.69, 9.17) is 18.0 Å². The van der Waals surface area contributed by atoms with Crippen LogP contribution in [0.3, 0.4) is 0 Å². The van der Waals surface area contributed by atoms with Crippen molar-refractivity contribution in [3.05, 3.63) is 0 Å². The van der Waals surface area contributed by atoms with Crippen molar-refractivity contribution in [2.24, 2.45) is 4.99 Å². The van der Waals surface area contributed by atoms with Gasteiger partial charge in [-0.3, -0.25) is 0 Å². The van der Waals surface area contributed by atoms with Crippen LogP contribution in [0.15, 0.2) is 4.99 Å². The third-order valence-electron chi connectivity index (χ3n) is 3.06. The van der Waals surface area contributed by atoms with Crippen LogP contribution < -0.4 is 0 Å². The van der Waals surface area contributed by atoms with Gasteiger partial charge in [-0.1, -0.05) is 0 Å². The predicted octanol–water partition coefficient (Wildman–Crippen LogP) is 0.0688. The first-order chi connectivity index (χ1) is 10.3. The van der Waals surface area contributed by atoms with Gasteiger partial charge in [0, 0.05) is 62.2 Å². The Balaban J connectivity index is 4.14. The van der Waals surface area contributed by atoms with Gasteiger partial charge >= 0.3 is 8.80 Å². The summed E-state index contributed by atoms with van der Waals surface area (Å²) in [6.45, 7) is 0.577. The average Bonchev–Trinajstić information content (AvgIpc) is 2.47. The fourth-order valence-electron chi connectivity index (χ4n) is 1.96. The molecule has 0 aromatic carbocycles. The van der Waals surface area contributed by atoms with Gasteiger partial charge in [-0.05, 0) is 6.42 Å². The van der Waals surface area contributed by atoms with Gasteiger partial charge in [0.1, 0.15) is 0 Å². The van der Waals surface area contributed by atoms with Crippen molar-refractivity contribution in [3.8, 4) is 0 Å². The quantitative estimate of drug-likeness (QED) is 0.199. The van der Waals surface area contributed by atoms with Crippen molar-refractivity contribution in [1.82, 2.24) is 9.80 Å². The van der Waals surface area contributed by atoms with E-state index in [1.54, 1.807) is 21.3 Å². The zero-order valence-electron chi connectivity index (χ0n) is 14.8. The van der Waals surface area contributed by atoms with Gasteiger partial charge in [-0.15, -0.1) is 0 Å². The standard InChI is InChI=1S/C13H31N3O5Si/c1-15(2)13(16(3)4)14-11-12(17)21-9-8-10-22(18-5,19-6)20-7/h12,17H,8-11H2,1-7H3. The lowest BCUT2D eigenvalue weighted by Crippen LogP contribution is -2.42. The van der Waals surface area contributed by atoms with Crippen LogP contribution in [0.5, 0.6) is 0 Å². The summed E-state index contributed by atoms with van der Waals surface area (Å²) in [6, 6.07) is 0.632. The molecular formula is C13H31N3O5Si. The van der Waals surface area contributed by atoms with Gasteiger partial charge in [0.15, 0.2) is 12.2 Å². The minimum absolute atomic E-state index is 0.188. The molecule has 0 radical (unpaired) electrons. The number of aliphatic imine (C=N–C) groups is 1. The summed E-state index contributed by atoms with van der Waals surface area (Å²) in [4.78, 5) is 8.08. The lowest BCUT2D eigenvalue weighted by molar-refractivity contribution is -0.0914. The average molecular weight is 337 g/mol. The Hall–Kier alpha value is -0.713. The van der Waals surface area contributed by atoms with E-state index in [9.17, 15) is 5.11 Å². The molecule has 22 heavy (non-hydrogen) atoms. The molecule has 1 N–H and O–H groups in total. The van der Waals surface area contributed by atoms with E-state index in [1.165, 1.54) is 0 Å². The summed E-state index contributed by atoms with van der Waals surface area (Å²) < 4.78 is 21.3. The van der Waals surface area contributed by atoms with Crippen molar-refractivity contribution in [2.45, 2.75) is 18.8 Å². The molecule has 0 spiro atoms. The molecule has 1 atom stereocenters. The molecule has 0 bridgehead atoms.